The number of nitrogens with zero attached hydrogens (tertiary/aromatic N) is 2. The fourth-order valence-electron chi connectivity index (χ4n) is 3.43. The van der Waals surface area contributed by atoms with Crippen LogP contribution >= 0.6 is 0 Å². The van der Waals surface area contributed by atoms with Crippen LogP contribution in [0.2, 0.25) is 0 Å². The van der Waals surface area contributed by atoms with Gasteiger partial charge in [-0.25, -0.2) is 4.98 Å². The van der Waals surface area contributed by atoms with Crippen molar-refractivity contribution in [3.05, 3.63) is 78.6 Å². The Morgan fingerprint density at radius 3 is 2.73 bits per heavy atom. The number of carbonyl (C=O) groups excluding carboxylic acids is 2. The van der Waals surface area contributed by atoms with E-state index >= 15 is 0 Å². The largest absolute Gasteiger partial charge is 0.479 e. The third-order valence-corrected chi connectivity index (χ3v) is 5.03. The molecule has 7 nitrogen and oxygen atoms in total. The van der Waals surface area contributed by atoms with E-state index in [4.69, 9.17) is 4.74 Å². The highest BCUT2D eigenvalue weighted by Crippen LogP contribution is 2.32. The van der Waals surface area contributed by atoms with E-state index in [-0.39, 0.29) is 11.8 Å². The van der Waals surface area contributed by atoms with Crippen LogP contribution in [0.4, 0.5) is 11.4 Å². The first-order valence-electron chi connectivity index (χ1n) is 9.54. The van der Waals surface area contributed by atoms with Crippen LogP contribution in [-0.4, -0.2) is 27.5 Å². The number of imidazole rings is 1. The number of para-hydroxylation sites is 2. The topological polar surface area (TPSA) is 85.2 Å². The van der Waals surface area contributed by atoms with Crippen molar-refractivity contribution < 1.29 is 14.3 Å². The fraction of sp³-hybridized carbons (Fsp3) is 0.0870. The van der Waals surface area contributed by atoms with Gasteiger partial charge in [-0.3, -0.25) is 14.2 Å². The quantitative estimate of drug-likeness (QED) is 0.546. The van der Waals surface area contributed by atoms with Crippen molar-refractivity contribution >= 4 is 34.2 Å². The van der Waals surface area contributed by atoms with Crippen molar-refractivity contribution in [1.82, 2.24) is 9.55 Å². The van der Waals surface area contributed by atoms with E-state index in [2.05, 4.69) is 15.6 Å². The molecular formula is C23H18N4O3. The fourth-order valence-corrected chi connectivity index (χ4v) is 3.43. The lowest BCUT2D eigenvalue weighted by Crippen LogP contribution is -2.34. The first-order chi connectivity index (χ1) is 14.6. The van der Waals surface area contributed by atoms with Crippen molar-refractivity contribution in [2.45, 2.75) is 13.0 Å². The molecule has 0 fully saturated rings. The first-order valence-corrected chi connectivity index (χ1v) is 9.54. The number of ether oxygens (including phenoxy) is 1. The highest BCUT2D eigenvalue weighted by Gasteiger charge is 2.23. The maximum atomic E-state index is 12.7. The van der Waals surface area contributed by atoms with Crippen molar-refractivity contribution in [2.75, 3.05) is 10.6 Å². The highest BCUT2D eigenvalue weighted by molar-refractivity contribution is 6.05. The molecule has 1 aromatic heterocycles. The number of nitrogens with one attached hydrogen (secondary N) is 2. The molecule has 2 amide bonds. The number of carbonyl (C=O) groups is 2. The molecule has 5 rings (SSSR count). The molecule has 0 spiro atoms. The summed E-state index contributed by atoms with van der Waals surface area (Å²) in [6.45, 7) is 1.68. The Morgan fingerprint density at radius 2 is 1.90 bits per heavy atom. The first kappa shape index (κ1) is 17.9. The average Bonchev–Trinajstić information content (AvgIpc) is 3.19. The zero-order valence-electron chi connectivity index (χ0n) is 16.1. The number of rotatable bonds is 3. The highest BCUT2D eigenvalue weighted by atomic mass is 16.5. The van der Waals surface area contributed by atoms with Crippen molar-refractivity contribution in [3.63, 3.8) is 0 Å². The Balaban J connectivity index is 1.35. The van der Waals surface area contributed by atoms with Gasteiger partial charge in [-0.15, -0.1) is 0 Å². The molecule has 1 atom stereocenters. The van der Waals surface area contributed by atoms with Gasteiger partial charge in [-0.05, 0) is 61.5 Å². The van der Waals surface area contributed by atoms with Crippen molar-refractivity contribution in [2.24, 2.45) is 0 Å². The molecule has 3 aromatic carbocycles. The van der Waals surface area contributed by atoms with Crippen LogP contribution < -0.4 is 15.4 Å². The molecule has 0 bridgehead atoms. The maximum Gasteiger partial charge on any atom is 0.265 e. The lowest BCUT2D eigenvalue weighted by Gasteiger charge is -2.23. The van der Waals surface area contributed by atoms with Gasteiger partial charge < -0.3 is 15.4 Å². The molecular weight excluding hydrogens is 380 g/mol. The molecule has 2 N–H and O–H groups in total. The molecule has 0 radical (unpaired) electrons. The Kier molecular flexibility index (Phi) is 4.21. The summed E-state index contributed by atoms with van der Waals surface area (Å²) in [6, 6.07) is 20.3. The monoisotopic (exact) mass is 398 g/mol. The molecule has 0 saturated carbocycles. The number of aromatic nitrogens is 2. The second-order valence-electron chi connectivity index (χ2n) is 7.06. The Bertz CT molecular complexity index is 1280. The summed E-state index contributed by atoms with van der Waals surface area (Å²) in [5.41, 5.74) is 4.47. The minimum absolute atomic E-state index is 0.214. The Labute approximate surface area is 172 Å². The molecule has 30 heavy (non-hydrogen) atoms. The predicted molar refractivity (Wildman–Crippen MR) is 114 cm³/mol. The van der Waals surface area contributed by atoms with Crippen molar-refractivity contribution in [3.8, 4) is 11.4 Å². The van der Waals surface area contributed by atoms with Gasteiger partial charge >= 0.3 is 0 Å². The van der Waals surface area contributed by atoms with E-state index in [9.17, 15) is 9.59 Å². The normalized spacial score (nSPS) is 15.2. The van der Waals surface area contributed by atoms with E-state index in [0.29, 0.717) is 22.7 Å². The number of benzene rings is 3. The van der Waals surface area contributed by atoms with Crippen molar-refractivity contribution in [1.29, 1.82) is 0 Å². The maximum absolute atomic E-state index is 12.7. The van der Waals surface area contributed by atoms with Crippen LogP contribution in [0, 0.1) is 0 Å². The minimum atomic E-state index is -0.538. The molecule has 1 aliphatic heterocycles. The van der Waals surface area contributed by atoms with Crippen LogP contribution in [-0.2, 0) is 4.79 Å². The second-order valence-corrected chi connectivity index (χ2v) is 7.06. The van der Waals surface area contributed by atoms with Crippen LogP contribution in [0.3, 0.4) is 0 Å². The number of fused-ring (bicyclic) bond motifs is 2. The molecule has 4 aromatic rings. The number of hydrogen-bond acceptors (Lipinski definition) is 4. The predicted octanol–water partition coefficient (Wildman–Crippen LogP) is 4.00. The van der Waals surface area contributed by atoms with Crippen LogP contribution in [0.25, 0.3) is 16.7 Å². The lowest BCUT2D eigenvalue weighted by molar-refractivity contribution is -0.122. The minimum Gasteiger partial charge on any atom is -0.479 e. The van der Waals surface area contributed by atoms with Gasteiger partial charge in [0, 0.05) is 16.9 Å². The van der Waals surface area contributed by atoms with Gasteiger partial charge in [0.2, 0.25) is 0 Å². The molecule has 148 valence electrons. The van der Waals surface area contributed by atoms with E-state index in [1.807, 2.05) is 41.0 Å². The summed E-state index contributed by atoms with van der Waals surface area (Å²) in [7, 11) is 0. The average molecular weight is 398 g/mol. The summed E-state index contributed by atoms with van der Waals surface area (Å²) in [6.07, 6.45) is 1.23. The third-order valence-electron chi connectivity index (χ3n) is 5.03. The SMILES string of the molecule is C[C@H]1Oc2ccc(NC(=O)c3ccc(-n4cnc5ccccc54)cc3)cc2NC1=O. The zero-order chi connectivity index (χ0) is 20.7. The van der Waals surface area contributed by atoms with Gasteiger partial charge in [0.1, 0.15) is 12.1 Å². The van der Waals surface area contributed by atoms with E-state index in [0.717, 1.165) is 16.7 Å². The number of amides is 2. The molecule has 2 heterocycles. The molecule has 1 aliphatic rings. The standard InChI is InChI=1S/C23H18N4O3/c1-14-22(28)26-19-12-16(8-11-21(19)30-14)25-23(29)15-6-9-17(10-7-15)27-13-24-18-4-2-3-5-20(18)27/h2-14H,1H3,(H,25,29)(H,26,28)/t14-/m1/s1. The van der Waals surface area contributed by atoms with Gasteiger partial charge in [-0.1, -0.05) is 12.1 Å². The van der Waals surface area contributed by atoms with Crippen LogP contribution in [0.1, 0.15) is 17.3 Å². The number of hydrogen-bond donors (Lipinski definition) is 2. The van der Waals surface area contributed by atoms with E-state index < -0.39 is 6.10 Å². The van der Waals surface area contributed by atoms with Gasteiger partial charge in [0.25, 0.3) is 11.8 Å². The van der Waals surface area contributed by atoms with Crippen LogP contribution in [0.15, 0.2) is 73.1 Å². The zero-order valence-corrected chi connectivity index (χ0v) is 16.1. The smallest absolute Gasteiger partial charge is 0.265 e. The molecule has 7 heteroatoms. The molecule has 0 aliphatic carbocycles. The lowest BCUT2D eigenvalue weighted by atomic mass is 10.1. The summed E-state index contributed by atoms with van der Waals surface area (Å²) in [5.74, 6) is 0.124. The van der Waals surface area contributed by atoms with Gasteiger partial charge in [0.05, 0.1) is 16.7 Å². The van der Waals surface area contributed by atoms with E-state index in [1.165, 1.54) is 0 Å². The Hall–Kier alpha value is -4.13. The summed E-state index contributed by atoms with van der Waals surface area (Å²) < 4.78 is 7.51. The van der Waals surface area contributed by atoms with Gasteiger partial charge in [-0.2, -0.15) is 0 Å². The second kappa shape index (κ2) is 7.04. The van der Waals surface area contributed by atoms with Gasteiger partial charge in [0.15, 0.2) is 6.10 Å². The summed E-state index contributed by atoms with van der Waals surface area (Å²) >= 11 is 0. The third kappa shape index (κ3) is 3.16. The molecule has 0 unspecified atom stereocenters. The molecule has 0 saturated heterocycles. The van der Waals surface area contributed by atoms with E-state index in [1.54, 1.807) is 43.6 Å². The van der Waals surface area contributed by atoms with Crippen LogP contribution in [0.5, 0.6) is 5.75 Å². The summed E-state index contributed by atoms with van der Waals surface area (Å²) in [4.78, 5) is 28.9. The summed E-state index contributed by atoms with van der Waals surface area (Å²) in [5, 5.41) is 5.63. The Morgan fingerprint density at radius 1 is 1.10 bits per heavy atom. The number of anilines is 2.